The van der Waals surface area contributed by atoms with Gasteiger partial charge in [-0.2, -0.15) is 0 Å². The number of amides is 2. The summed E-state index contributed by atoms with van der Waals surface area (Å²) in [5.74, 6) is -0.0760. The Labute approximate surface area is 132 Å². The van der Waals surface area contributed by atoms with Crippen LogP contribution in [0.1, 0.15) is 53.3 Å². The Balaban J connectivity index is 2.07. The molecule has 1 heterocycles. The molecule has 0 aromatic heterocycles. The second kappa shape index (κ2) is 7.78. The van der Waals surface area contributed by atoms with Crippen LogP contribution in [0.4, 0.5) is 0 Å². The van der Waals surface area contributed by atoms with Gasteiger partial charge in [0.25, 0.3) is 11.8 Å². The normalized spacial score (nSPS) is 17.9. The van der Waals surface area contributed by atoms with E-state index in [1.807, 2.05) is 4.90 Å². The molecule has 0 bridgehead atoms. The average molecular weight is 300 g/mol. The van der Waals surface area contributed by atoms with Gasteiger partial charge in [0.2, 0.25) is 0 Å². The molecule has 1 atom stereocenters. The number of nitrogens with one attached hydrogen (secondary N) is 1. The van der Waals surface area contributed by atoms with Crippen LogP contribution in [0.5, 0.6) is 0 Å². The second-order valence-corrected chi connectivity index (χ2v) is 5.63. The number of piperidine rings is 1. The summed E-state index contributed by atoms with van der Waals surface area (Å²) < 4.78 is 0. The number of hydrogen-bond donors (Lipinski definition) is 1. The van der Waals surface area contributed by atoms with Gasteiger partial charge in [0.15, 0.2) is 0 Å². The summed E-state index contributed by atoms with van der Waals surface area (Å²) in [7, 11) is 0. The van der Waals surface area contributed by atoms with Gasteiger partial charge in [-0.3, -0.25) is 9.59 Å². The molecule has 4 nitrogen and oxygen atoms in total. The Morgan fingerprint density at radius 2 is 1.95 bits per heavy atom. The lowest BCUT2D eigenvalue weighted by Crippen LogP contribution is -2.43. The second-order valence-electron chi connectivity index (χ2n) is 5.63. The molecule has 0 radical (unpaired) electrons. The SMILES string of the molecule is C=CCNC(=O)c1ccc(C(=O)N2CCCCC2CC)cc1. The number of carbonyl (C=O) groups excluding carboxylic acids is 2. The maximum absolute atomic E-state index is 12.6. The minimum atomic E-state index is -0.150. The van der Waals surface area contributed by atoms with Crippen LogP contribution in [0.2, 0.25) is 0 Å². The fourth-order valence-corrected chi connectivity index (χ4v) is 2.89. The first kappa shape index (κ1) is 16.3. The lowest BCUT2D eigenvalue weighted by molar-refractivity contribution is 0.0607. The van der Waals surface area contributed by atoms with Gasteiger partial charge in [-0.1, -0.05) is 13.0 Å². The molecule has 1 fully saturated rings. The summed E-state index contributed by atoms with van der Waals surface area (Å²) >= 11 is 0. The maximum Gasteiger partial charge on any atom is 0.254 e. The van der Waals surface area contributed by atoms with Gasteiger partial charge in [-0.25, -0.2) is 0 Å². The van der Waals surface area contributed by atoms with Crippen LogP contribution in [0.25, 0.3) is 0 Å². The predicted molar refractivity (Wildman–Crippen MR) is 87.9 cm³/mol. The summed E-state index contributed by atoms with van der Waals surface area (Å²) in [6, 6.07) is 7.24. The third-order valence-corrected chi connectivity index (χ3v) is 4.16. The number of benzene rings is 1. The van der Waals surface area contributed by atoms with Crippen LogP contribution in [0.15, 0.2) is 36.9 Å². The standard InChI is InChI=1S/C18H24N2O2/c1-3-12-19-17(21)14-8-10-15(11-9-14)18(22)20-13-6-5-7-16(20)4-2/h3,8-11,16H,1,4-7,12-13H2,2H3,(H,19,21). The Morgan fingerprint density at radius 3 is 2.59 bits per heavy atom. The monoisotopic (exact) mass is 300 g/mol. The molecule has 1 aromatic carbocycles. The third-order valence-electron chi connectivity index (χ3n) is 4.16. The maximum atomic E-state index is 12.6. The molecule has 1 aliphatic heterocycles. The number of nitrogens with zero attached hydrogens (tertiary/aromatic N) is 1. The van der Waals surface area contributed by atoms with E-state index in [4.69, 9.17) is 0 Å². The summed E-state index contributed by atoms with van der Waals surface area (Å²) in [5.41, 5.74) is 1.21. The summed E-state index contributed by atoms with van der Waals surface area (Å²) in [5, 5.41) is 2.72. The van der Waals surface area contributed by atoms with Crippen LogP contribution < -0.4 is 5.32 Å². The largest absolute Gasteiger partial charge is 0.349 e. The molecule has 1 saturated heterocycles. The van der Waals surface area contributed by atoms with Crippen molar-refractivity contribution in [3.63, 3.8) is 0 Å². The van der Waals surface area contributed by atoms with Crippen LogP contribution in [-0.2, 0) is 0 Å². The van der Waals surface area contributed by atoms with E-state index in [9.17, 15) is 9.59 Å². The lowest BCUT2D eigenvalue weighted by Gasteiger charge is -2.35. The first-order chi connectivity index (χ1) is 10.7. The van der Waals surface area contributed by atoms with Crippen LogP contribution in [-0.4, -0.2) is 35.8 Å². The minimum absolute atomic E-state index is 0.0737. The van der Waals surface area contributed by atoms with Crippen LogP contribution in [0.3, 0.4) is 0 Å². The summed E-state index contributed by atoms with van der Waals surface area (Å²) in [6.07, 6.45) is 5.99. The van der Waals surface area contributed by atoms with Crippen molar-refractivity contribution in [2.24, 2.45) is 0 Å². The zero-order chi connectivity index (χ0) is 15.9. The van der Waals surface area contributed by atoms with Crippen molar-refractivity contribution in [2.75, 3.05) is 13.1 Å². The highest BCUT2D eigenvalue weighted by atomic mass is 16.2. The van der Waals surface area contributed by atoms with Gasteiger partial charge >= 0.3 is 0 Å². The van der Waals surface area contributed by atoms with Gasteiger partial charge in [-0.05, 0) is 49.9 Å². The van der Waals surface area contributed by atoms with Crippen molar-refractivity contribution in [1.82, 2.24) is 10.2 Å². The Bertz CT molecular complexity index is 537. The first-order valence-electron chi connectivity index (χ1n) is 7.97. The van der Waals surface area contributed by atoms with E-state index >= 15 is 0 Å². The molecule has 2 rings (SSSR count). The van der Waals surface area contributed by atoms with Crippen molar-refractivity contribution >= 4 is 11.8 Å². The predicted octanol–water partition coefficient (Wildman–Crippen LogP) is 3.01. The third kappa shape index (κ3) is 3.75. The quantitative estimate of drug-likeness (QED) is 0.850. The number of rotatable bonds is 5. The zero-order valence-corrected chi connectivity index (χ0v) is 13.2. The molecule has 0 saturated carbocycles. The first-order valence-corrected chi connectivity index (χ1v) is 7.97. The molecule has 0 aliphatic carbocycles. The smallest absolute Gasteiger partial charge is 0.254 e. The van der Waals surface area contributed by atoms with Crippen molar-refractivity contribution < 1.29 is 9.59 Å². The van der Waals surface area contributed by atoms with Crippen molar-refractivity contribution in [1.29, 1.82) is 0 Å². The van der Waals surface area contributed by atoms with E-state index in [1.165, 1.54) is 6.42 Å². The number of hydrogen-bond acceptors (Lipinski definition) is 2. The van der Waals surface area contributed by atoms with Gasteiger partial charge in [0.1, 0.15) is 0 Å². The van der Waals surface area contributed by atoms with Crippen molar-refractivity contribution in [3.05, 3.63) is 48.0 Å². The van der Waals surface area contributed by atoms with E-state index in [0.717, 1.165) is 25.8 Å². The highest BCUT2D eigenvalue weighted by Gasteiger charge is 2.26. The Hall–Kier alpha value is -2.10. The van der Waals surface area contributed by atoms with Crippen molar-refractivity contribution in [2.45, 2.75) is 38.6 Å². The van der Waals surface area contributed by atoms with E-state index in [1.54, 1.807) is 30.3 Å². The highest BCUT2D eigenvalue weighted by molar-refractivity contribution is 5.98. The molecule has 2 amide bonds. The minimum Gasteiger partial charge on any atom is -0.349 e. The molecule has 1 N–H and O–H groups in total. The van der Waals surface area contributed by atoms with Crippen LogP contribution >= 0.6 is 0 Å². The van der Waals surface area contributed by atoms with Crippen molar-refractivity contribution in [3.8, 4) is 0 Å². The Kier molecular flexibility index (Phi) is 5.75. The molecule has 118 valence electrons. The summed E-state index contributed by atoms with van der Waals surface area (Å²) in [4.78, 5) is 26.4. The van der Waals surface area contributed by atoms with E-state index in [0.29, 0.717) is 23.7 Å². The van der Waals surface area contributed by atoms with Gasteiger partial charge < -0.3 is 10.2 Å². The molecular formula is C18H24N2O2. The highest BCUT2D eigenvalue weighted by Crippen LogP contribution is 2.21. The molecule has 1 aliphatic rings. The molecule has 1 aromatic rings. The summed E-state index contributed by atoms with van der Waals surface area (Å²) in [6.45, 7) is 6.96. The fourth-order valence-electron chi connectivity index (χ4n) is 2.89. The lowest BCUT2D eigenvalue weighted by atomic mass is 9.98. The van der Waals surface area contributed by atoms with E-state index in [-0.39, 0.29) is 11.8 Å². The van der Waals surface area contributed by atoms with E-state index < -0.39 is 0 Å². The zero-order valence-electron chi connectivity index (χ0n) is 13.2. The molecule has 1 unspecified atom stereocenters. The Morgan fingerprint density at radius 1 is 1.27 bits per heavy atom. The van der Waals surface area contributed by atoms with Crippen LogP contribution in [0, 0.1) is 0 Å². The molecule has 22 heavy (non-hydrogen) atoms. The molecular weight excluding hydrogens is 276 g/mol. The number of carbonyl (C=O) groups is 2. The topological polar surface area (TPSA) is 49.4 Å². The van der Waals surface area contributed by atoms with Gasteiger partial charge in [0, 0.05) is 30.3 Å². The fraction of sp³-hybridized carbons (Fsp3) is 0.444. The average Bonchev–Trinajstić information content (AvgIpc) is 2.59. The van der Waals surface area contributed by atoms with Gasteiger partial charge in [0.05, 0.1) is 0 Å². The van der Waals surface area contributed by atoms with E-state index in [2.05, 4.69) is 18.8 Å². The number of likely N-dealkylation sites (tertiary alicyclic amines) is 1. The molecule has 4 heteroatoms. The van der Waals surface area contributed by atoms with Gasteiger partial charge in [-0.15, -0.1) is 6.58 Å². The molecule has 0 spiro atoms.